The van der Waals surface area contributed by atoms with Crippen molar-refractivity contribution in [2.24, 2.45) is 11.8 Å². The van der Waals surface area contributed by atoms with Crippen LogP contribution in [0.15, 0.2) is 0 Å². The van der Waals surface area contributed by atoms with Crippen LogP contribution in [0.5, 0.6) is 0 Å². The molecule has 1 aliphatic heterocycles. The van der Waals surface area contributed by atoms with E-state index in [1.165, 1.54) is 0 Å². The van der Waals surface area contributed by atoms with E-state index in [0.717, 1.165) is 25.8 Å². The van der Waals surface area contributed by atoms with Gasteiger partial charge >= 0.3 is 0 Å². The molecule has 0 bridgehead atoms. The molecule has 0 saturated carbocycles. The molecule has 0 aliphatic carbocycles. The van der Waals surface area contributed by atoms with Crippen LogP contribution in [0.25, 0.3) is 0 Å². The minimum Gasteiger partial charge on any atom is -0.378 e. The van der Waals surface area contributed by atoms with Crippen LogP contribution in [0.4, 0.5) is 0 Å². The fraction of sp³-hybridized carbons (Fsp3) is 0.917. The number of nitrogens with one attached hydrogen (secondary N) is 1. The largest absolute Gasteiger partial charge is 0.378 e. The molecule has 0 radical (unpaired) electrons. The molecular formula is C12H22ClNO2. The van der Waals surface area contributed by atoms with E-state index in [2.05, 4.69) is 12.2 Å². The molecule has 0 aromatic carbocycles. The summed E-state index contributed by atoms with van der Waals surface area (Å²) in [4.78, 5) is 11.7. The van der Waals surface area contributed by atoms with Crippen LogP contribution in [0.3, 0.4) is 0 Å². The average Bonchev–Trinajstić information content (AvgIpc) is 2.70. The summed E-state index contributed by atoms with van der Waals surface area (Å²) >= 11 is 5.71. The third kappa shape index (κ3) is 4.71. The third-order valence-corrected chi connectivity index (χ3v) is 3.53. The van der Waals surface area contributed by atoms with Crippen LogP contribution < -0.4 is 5.32 Å². The molecule has 1 rings (SSSR count). The van der Waals surface area contributed by atoms with E-state index < -0.39 is 0 Å². The summed E-state index contributed by atoms with van der Waals surface area (Å²) in [7, 11) is 0. The fourth-order valence-corrected chi connectivity index (χ4v) is 2.04. The molecule has 1 amide bonds. The van der Waals surface area contributed by atoms with Gasteiger partial charge in [-0.25, -0.2) is 0 Å². The van der Waals surface area contributed by atoms with Crippen molar-refractivity contribution < 1.29 is 9.53 Å². The average molecular weight is 248 g/mol. The van der Waals surface area contributed by atoms with E-state index in [1.54, 1.807) is 0 Å². The van der Waals surface area contributed by atoms with Gasteiger partial charge in [0.2, 0.25) is 5.91 Å². The molecule has 3 nitrogen and oxygen atoms in total. The zero-order chi connectivity index (χ0) is 12.0. The predicted molar refractivity (Wildman–Crippen MR) is 65.6 cm³/mol. The first-order valence-corrected chi connectivity index (χ1v) is 6.62. The molecule has 3 atom stereocenters. The Hall–Kier alpha value is -0.280. The van der Waals surface area contributed by atoms with Crippen molar-refractivity contribution in [3.05, 3.63) is 0 Å². The molecule has 1 heterocycles. The van der Waals surface area contributed by atoms with Gasteiger partial charge in [0.05, 0.1) is 18.6 Å². The topological polar surface area (TPSA) is 38.3 Å². The van der Waals surface area contributed by atoms with Gasteiger partial charge < -0.3 is 10.1 Å². The van der Waals surface area contributed by atoms with Gasteiger partial charge in [-0.05, 0) is 32.1 Å². The Morgan fingerprint density at radius 2 is 2.38 bits per heavy atom. The molecule has 1 fully saturated rings. The Morgan fingerprint density at radius 1 is 1.62 bits per heavy atom. The highest BCUT2D eigenvalue weighted by Gasteiger charge is 2.27. The van der Waals surface area contributed by atoms with Gasteiger partial charge in [0.25, 0.3) is 0 Å². The SMILES string of the molecule is CC(CCl)CCCNC(=O)C1COC(C)C1. The lowest BCUT2D eigenvalue weighted by Crippen LogP contribution is -2.31. The smallest absolute Gasteiger partial charge is 0.225 e. The van der Waals surface area contributed by atoms with Crippen molar-refractivity contribution in [3.63, 3.8) is 0 Å². The summed E-state index contributed by atoms with van der Waals surface area (Å²) in [6.07, 6.45) is 3.15. The second kappa shape index (κ2) is 7.13. The van der Waals surface area contributed by atoms with Gasteiger partial charge in [-0.1, -0.05) is 6.92 Å². The van der Waals surface area contributed by atoms with Crippen LogP contribution in [-0.2, 0) is 9.53 Å². The molecule has 4 heteroatoms. The van der Waals surface area contributed by atoms with E-state index in [9.17, 15) is 4.79 Å². The maximum Gasteiger partial charge on any atom is 0.225 e. The summed E-state index contributed by atoms with van der Waals surface area (Å²) in [5.74, 6) is 1.43. The highest BCUT2D eigenvalue weighted by atomic mass is 35.5. The number of amides is 1. The van der Waals surface area contributed by atoms with Gasteiger partial charge in [-0.15, -0.1) is 11.6 Å². The summed E-state index contributed by atoms with van der Waals surface area (Å²) in [6.45, 7) is 5.47. The molecule has 1 saturated heterocycles. The van der Waals surface area contributed by atoms with Crippen molar-refractivity contribution in [3.8, 4) is 0 Å². The number of hydrogen-bond donors (Lipinski definition) is 1. The zero-order valence-electron chi connectivity index (χ0n) is 10.2. The van der Waals surface area contributed by atoms with Crippen LogP contribution in [0.2, 0.25) is 0 Å². The van der Waals surface area contributed by atoms with Crippen molar-refractivity contribution in [1.82, 2.24) is 5.32 Å². The number of hydrogen-bond acceptors (Lipinski definition) is 2. The second-order valence-electron chi connectivity index (χ2n) is 4.77. The maximum absolute atomic E-state index is 11.7. The number of carbonyl (C=O) groups excluding carboxylic acids is 1. The first kappa shape index (κ1) is 13.8. The quantitative estimate of drug-likeness (QED) is 0.577. The van der Waals surface area contributed by atoms with Crippen molar-refractivity contribution in [1.29, 1.82) is 0 Å². The maximum atomic E-state index is 11.7. The minimum absolute atomic E-state index is 0.0560. The molecule has 1 aliphatic rings. The summed E-state index contributed by atoms with van der Waals surface area (Å²) < 4.78 is 5.37. The molecule has 94 valence electrons. The van der Waals surface area contributed by atoms with Crippen molar-refractivity contribution >= 4 is 17.5 Å². The molecule has 1 N–H and O–H groups in total. The Kier molecular flexibility index (Phi) is 6.14. The lowest BCUT2D eigenvalue weighted by atomic mass is 10.1. The van der Waals surface area contributed by atoms with Crippen molar-refractivity contribution in [2.75, 3.05) is 19.0 Å². The number of alkyl halides is 1. The summed E-state index contributed by atoms with van der Waals surface area (Å²) in [5.41, 5.74) is 0. The lowest BCUT2D eigenvalue weighted by Gasteiger charge is -2.10. The Morgan fingerprint density at radius 3 is 2.94 bits per heavy atom. The highest BCUT2D eigenvalue weighted by molar-refractivity contribution is 6.18. The number of carbonyl (C=O) groups is 1. The van der Waals surface area contributed by atoms with E-state index in [1.807, 2.05) is 6.92 Å². The third-order valence-electron chi connectivity index (χ3n) is 3.01. The van der Waals surface area contributed by atoms with Gasteiger partial charge in [-0.3, -0.25) is 4.79 Å². The van der Waals surface area contributed by atoms with E-state index in [-0.39, 0.29) is 17.9 Å². The monoisotopic (exact) mass is 247 g/mol. The van der Waals surface area contributed by atoms with Gasteiger partial charge in [-0.2, -0.15) is 0 Å². The fourth-order valence-electron chi connectivity index (χ4n) is 1.88. The van der Waals surface area contributed by atoms with E-state index in [0.29, 0.717) is 18.4 Å². The summed E-state index contributed by atoms with van der Waals surface area (Å²) in [6, 6.07) is 0. The summed E-state index contributed by atoms with van der Waals surface area (Å²) in [5, 5.41) is 2.96. The Bertz CT molecular complexity index is 223. The zero-order valence-corrected chi connectivity index (χ0v) is 10.9. The predicted octanol–water partition coefficient (Wildman–Crippen LogP) is 2.18. The number of rotatable bonds is 6. The minimum atomic E-state index is 0.0560. The van der Waals surface area contributed by atoms with Crippen LogP contribution in [-0.4, -0.2) is 31.0 Å². The molecule has 3 unspecified atom stereocenters. The van der Waals surface area contributed by atoms with Crippen molar-refractivity contribution in [2.45, 2.75) is 39.2 Å². The molecule has 0 aromatic heterocycles. The Labute approximate surface area is 103 Å². The van der Waals surface area contributed by atoms with Gasteiger partial charge in [0.1, 0.15) is 0 Å². The normalized spacial score (nSPS) is 26.7. The lowest BCUT2D eigenvalue weighted by molar-refractivity contribution is -0.124. The van der Waals surface area contributed by atoms with Gasteiger partial charge in [0.15, 0.2) is 0 Å². The van der Waals surface area contributed by atoms with Crippen LogP contribution in [0.1, 0.15) is 33.1 Å². The Balaban J connectivity index is 2.06. The molecular weight excluding hydrogens is 226 g/mol. The first-order chi connectivity index (χ1) is 7.63. The molecule has 0 aromatic rings. The standard InChI is InChI=1S/C12H22ClNO2/c1-9(7-13)4-3-5-14-12(15)11-6-10(2)16-8-11/h9-11H,3-8H2,1-2H3,(H,14,15). The number of halogens is 1. The first-order valence-electron chi connectivity index (χ1n) is 6.08. The van der Waals surface area contributed by atoms with Crippen LogP contribution >= 0.6 is 11.6 Å². The second-order valence-corrected chi connectivity index (χ2v) is 5.08. The van der Waals surface area contributed by atoms with E-state index >= 15 is 0 Å². The van der Waals surface area contributed by atoms with E-state index in [4.69, 9.17) is 16.3 Å². The highest BCUT2D eigenvalue weighted by Crippen LogP contribution is 2.18. The number of ether oxygens (including phenoxy) is 1. The van der Waals surface area contributed by atoms with Crippen LogP contribution in [0, 0.1) is 11.8 Å². The molecule has 0 spiro atoms. The molecule has 16 heavy (non-hydrogen) atoms. The van der Waals surface area contributed by atoms with Gasteiger partial charge in [0, 0.05) is 12.4 Å².